The summed E-state index contributed by atoms with van der Waals surface area (Å²) in [5.74, 6) is 0.514. The van der Waals surface area contributed by atoms with E-state index in [-0.39, 0.29) is 23.6 Å². The molecular weight excluding hydrogens is 470 g/mol. The SMILES string of the molecule is O=C(CSc1nnc2ccccn12)N1N=C2/C(=C\c3cccs3)CCCC2C1c1cccs1. The molecule has 1 amide bonds. The van der Waals surface area contributed by atoms with Gasteiger partial charge >= 0.3 is 0 Å². The summed E-state index contributed by atoms with van der Waals surface area (Å²) in [6.07, 6.45) is 7.35. The molecule has 9 heteroatoms. The van der Waals surface area contributed by atoms with Crippen LogP contribution < -0.4 is 0 Å². The highest BCUT2D eigenvalue weighted by atomic mass is 32.2. The molecule has 2 aliphatic rings. The lowest BCUT2D eigenvalue weighted by molar-refractivity contribution is -0.130. The third kappa shape index (κ3) is 3.94. The summed E-state index contributed by atoms with van der Waals surface area (Å²) in [7, 11) is 0. The monoisotopic (exact) mass is 491 g/mol. The van der Waals surface area contributed by atoms with Crippen molar-refractivity contribution in [2.45, 2.75) is 30.5 Å². The molecule has 0 saturated heterocycles. The van der Waals surface area contributed by atoms with E-state index in [1.54, 1.807) is 27.7 Å². The molecule has 1 fully saturated rings. The Bertz CT molecular complexity index is 1340. The summed E-state index contributed by atoms with van der Waals surface area (Å²) >= 11 is 4.85. The summed E-state index contributed by atoms with van der Waals surface area (Å²) in [6, 6.07) is 14.1. The van der Waals surface area contributed by atoms with Crippen molar-refractivity contribution in [2.24, 2.45) is 11.0 Å². The van der Waals surface area contributed by atoms with E-state index in [4.69, 9.17) is 5.10 Å². The fourth-order valence-corrected chi connectivity index (χ4v) is 6.93. The van der Waals surface area contributed by atoms with Crippen LogP contribution in [0.15, 0.2) is 75.3 Å². The van der Waals surface area contributed by atoms with Crippen LogP contribution in [-0.4, -0.2) is 37.0 Å². The highest BCUT2D eigenvalue weighted by molar-refractivity contribution is 7.99. The van der Waals surface area contributed by atoms with Gasteiger partial charge in [0.1, 0.15) is 0 Å². The third-order valence-electron chi connectivity index (χ3n) is 6.06. The normalized spacial score (nSPS) is 21.5. The Balaban J connectivity index is 1.30. The minimum atomic E-state index is -0.0321. The van der Waals surface area contributed by atoms with Crippen molar-refractivity contribution in [3.8, 4) is 0 Å². The number of pyridine rings is 1. The Morgan fingerprint density at radius 1 is 1.12 bits per heavy atom. The zero-order chi connectivity index (χ0) is 22.2. The number of carbonyl (C=O) groups excluding carboxylic acids is 1. The van der Waals surface area contributed by atoms with E-state index in [1.165, 1.54) is 27.1 Å². The van der Waals surface area contributed by atoms with Gasteiger partial charge < -0.3 is 0 Å². The van der Waals surface area contributed by atoms with Crippen LogP contribution >= 0.6 is 34.4 Å². The van der Waals surface area contributed by atoms with E-state index in [2.05, 4.69) is 51.3 Å². The topological polar surface area (TPSA) is 62.9 Å². The Labute approximate surface area is 203 Å². The van der Waals surface area contributed by atoms with Gasteiger partial charge in [0, 0.05) is 21.9 Å². The average molecular weight is 492 g/mol. The van der Waals surface area contributed by atoms with Crippen LogP contribution in [0.5, 0.6) is 0 Å². The molecule has 0 radical (unpaired) electrons. The Morgan fingerprint density at radius 3 is 2.88 bits per heavy atom. The van der Waals surface area contributed by atoms with Crippen LogP contribution in [-0.2, 0) is 4.79 Å². The van der Waals surface area contributed by atoms with Gasteiger partial charge in [0.15, 0.2) is 10.8 Å². The molecular formula is C24H21N5OS3. The highest BCUT2D eigenvalue weighted by Gasteiger charge is 2.44. The van der Waals surface area contributed by atoms with Crippen LogP contribution in [0.1, 0.15) is 35.1 Å². The van der Waals surface area contributed by atoms with Crippen LogP contribution in [0.4, 0.5) is 0 Å². The number of hydrazone groups is 1. The van der Waals surface area contributed by atoms with Gasteiger partial charge in [0.05, 0.1) is 17.5 Å². The van der Waals surface area contributed by atoms with Crippen molar-refractivity contribution in [1.29, 1.82) is 0 Å². The lowest BCUT2D eigenvalue weighted by Crippen LogP contribution is -2.32. The van der Waals surface area contributed by atoms with E-state index < -0.39 is 0 Å². The standard InChI is InChI=1S/C24H21N5OS3/c30-21(15-33-24-26-25-20-10-1-2-11-28(20)24)29-23(19-9-5-13-32-19)18-8-3-6-16(22(18)27-29)14-17-7-4-12-31-17/h1-2,4-5,7,9-14,18,23H,3,6,8,15H2/b16-14-. The number of aromatic nitrogens is 3. The maximum absolute atomic E-state index is 13.5. The molecule has 1 saturated carbocycles. The highest BCUT2D eigenvalue weighted by Crippen LogP contribution is 2.45. The van der Waals surface area contributed by atoms with E-state index in [0.717, 1.165) is 30.6 Å². The second-order valence-electron chi connectivity index (χ2n) is 8.07. The van der Waals surface area contributed by atoms with Crippen molar-refractivity contribution < 1.29 is 4.79 Å². The van der Waals surface area contributed by atoms with Gasteiger partial charge in [-0.1, -0.05) is 30.0 Å². The van der Waals surface area contributed by atoms with Gasteiger partial charge in [0.2, 0.25) is 0 Å². The first-order chi connectivity index (χ1) is 16.3. The summed E-state index contributed by atoms with van der Waals surface area (Å²) in [4.78, 5) is 15.9. The van der Waals surface area contributed by atoms with Gasteiger partial charge in [0.25, 0.3) is 5.91 Å². The molecule has 4 aromatic heterocycles. The van der Waals surface area contributed by atoms with Crippen LogP contribution in [0.2, 0.25) is 0 Å². The molecule has 33 heavy (non-hydrogen) atoms. The zero-order valence-corrected chi connectivity index (χ0v) is 20.2. The van der Waals surface area contributed by atoms with Gasteiger partial charge in [-0.2, -0.15) is 5.10 Å². The first kappa shape index (κ1) is 20.8. The van der Waals surface area contributed by atoms with Crippen molar-refractivity contribution >= 4 is 57.8 Å². The first-order valence-electron chi connectivity index (χ1n) is 10.9. The second-order valence-corrected chi connectivity index (χ2v) is 11.0. The summed E-state index contributed by atoms with van der Waals surface area (Å²) in [6.45, 7) is 0. The summed E-state index contributed by atoms with van der Waals surface area (Å²) in [5.41, 5.74) is 3.13. The fraction of sp³-hybridized carbons (Fsp3) is 0.250. The van der Waals surface area contributed by atoms with Crippen molar-refractivity contribution in [1.82, 2.24) is 19.6 Å². The van der Waals surface area contributed by atoms with Crippen LogP contribution in [0.3, 0.4) is 0 Å². The van der Waals surface area contributed by atoms with E-state index >= 15 is 0 Å². The predicted octanol–water partition coefficient (Wildman–Crippen LogP) is 5.77. The number of amides is 1. The van der Waals surface area contributed by atoms with E-state index in [9.17, 15) is 4.79 Å². The Kier molecular flexibility index (Phi) is 5.61. The molecule has 5 heterocycles. The van der Waals surface area contributed by atoms with Gasteiger partial charge in [-0.25, -0.2) is 5.01 Å². The van der Waals surface area contributed by atoms with Crippen molar-refractivity contribution in [3.05, 3.63) is 74.7 Å². The van der Waals surface area contributed by atoms with Crippen LogP contribution in [0.25, 0.3) is 11.7 Å². The Morgan fingerprint density at radius 2 is 2.03 bits per heavy atom. The number of thiophene rings is 2. The number of allylic oxidation sites excluding steroid dienone is 1. The number of nitrogens with zero attached hydrogens (tertiary/aromatic N) is 5. The largest absolute Gasteiger partial charge is 0.277 e. The molecule has 0 spiro atoms. The van der Waals surface area contributed by atoms with Crippen molar-refractivity contribution in [2.75, 3.05) is 5.75 Å². The molecule has 166 valence electrons. The average Bonchev–Trinajstić information content (AvgIpc) is 3.64. The molecule has 6 nitrogen and oxygen atoms in total. The number of fused-ring (bicyclic) bond motifs is 2. The van der Waals surface area contributed by atoms with Gasteiger partial charge in [-0.05, 0) is 65.9 Å². The Hall–Kier alpha value is -2.75. The number of hydrogen-bond donors (Lipinski definition) is 0. The molecule has 0 bridgehead atoms. The fourth-order valence-electron chi connectivity index (χ4n) is 4.60. The van der Waals surface area contributed by atoms with E-state index in [1.807, 2.05) is 28.8 Å². The molecule has 1 aliphatic heterocycles. The van der Waals surface area contributed by atoms with Crippen molar-refractivity contribution in [3.63, 3.8) is 0 Å². The lowest BCUT2D eigenvalue weighted by atomic mass is 9.79. The smallest absolute Gasteiger partial charge is 0.253 e. The molecule has 0 aromatic carbocycles. The summed E-state index contributed by atoms with van der Waals surface area (Å²) in [5, 5.41) is 20.0. The van der Waals surface area contributed by atoms with Crippen LogP contribution in [0, 0.1) is 5.92 Å². The lowest BCUT2D eigenvalue weighted by Gasteiger charge is -2.28. The molecule has 2 unspecified atom stereocenters. The third-order valence-corrected chi connectivity index (χ3v) is 8.75. The molecule has 1 aliphatic carbocycles. The van der Waals surface area contributed by atoms with E-state index in [0.29, 0.717) is 5.16 Å². The quantitative estimate of drug-likeness (QED) is 0.333. The van der Waals surface area contributed by atoms with Gasteiger partial charge in [-0.3, -0.25) is 9.20 Å². The number of thioether (sulfide) groups is 1. The van der Waals surface area contributed by atoms with Gasteiger partial charge in [-0.15, -0.1) is 32.9 Å². The number of carbonyl (C=O) groups is 1. The minimum absolute atomic E-state index is 0.00320. The maximum Gasteiger partial charge on any atom is 0.253 e. The first-order valence-corrected chi connectivity index (χ1v) is 13.6. The predicted molar refractivity (Wildman–Crippen MR) is 135 cm³/mol. The molecule has 0 N–H and O–H groups in total. The molecule has 4 aromatic rings. The number of rotatable bonds is 5. The number of hydrogen-bond acceptors (Lipinski definition) is 7. The summed E-state index contributed by atoms with van der Waals surface area (Å²) < 4.78 is 1.91. The second kappa shape index (κ2) is 8.89. The maximum atomic E-state index is 13.5. The molecule has 2 atom stereocenters. The molecule has 6 rings (SSSR count). The minimum Gasteiger partial charge on any atom is -0.277 e. The zero-order valence-electron chi connectivity index (χ0n) is 17.7.